The van der Waals surface area contributed by atoms with Gasteiger partial charge < -0.3 is 15.4 Å². The molecule has 5 heteroatoms. The number of ether oxygens (including phenoxy) is 1. The van der Waals surface area contributed by atoms with Crippen LogP contribution in [0.3, 0.4) is 0 Å². The molecule has 4 nitrogen and oxygen atoms in total. The lowest BCUT2D eigenvalue weighted by Crippen LogP contribution is -2.43. The molecule has 0 unspecified atom stereocenters. The van der Waals surface area contributed by atoms with Crippen LogP contribution in [0.1, 0.15) is 33.3 Å². The summed E-state index contributed by atoms with van der Waals surface area (Å²) >= 11 is 6.14. The number of hydrogen-bond acceptors (Lipinski definition) is 3. The summed E-state index contributed by atoms with van der Waals surface area (Å²) in [6, 6.07) is 5.58. The van der Waals surface area contributed by atoms with Crippen molar-refractivity contribution < 1.29 is 9.53 Å². The minimum absolute atomic E-state index is 0.0381. The van der Waals surface area contributed by atoms with Gasteiger partial charge in [0.25, 0.3) is 5.91 Å². The summed E-state index contributed by atoms with van der Waals surface area (Å²) in [7, 11) is 0. The smallest absolute Gasteiger partial charge is 0.258 e. The van der Waals surface area contributed by atoms with E-state index in [9.17, 15) is 4.79 Å². The SMILES string of the molecule is CCNCc1ccc(OCC(=O)NC(C)(C)C)c(Cl)c1. The lowest BCUT2D eigenvalue weighted by molar-refractivity contribution is -0.124. The molecular weight excluding hydrogens is 276 g/mol. The van der Waals surface area contributed by atoms with Gasteiger partial charge in [0.15, 0.2) is 6.61 Å². The maximum absolute atomic E-state index is 11.7. The Kier molecular flexibility index (Phi) is 6.30. The Labute approximate surface area is 125 Å². The van der Waals surface area contributed by atoms with E-state index in [1.54, 1.807) is 6.07 Å². The van der Waals surface area contributed by atoms with E-state index < -0.39 is 0 Å². The Morgan fingerprint density at radius 3 is 2.60 bits per heavy atom. The summed E-state index contributed by atoms with van der Waals surface area (Å²) in [5, 5.41) is 6.57. The third kappa shape index (κ3) is 6.26. The Morgan fingerprint density at radius 2 is 2.05 bits per heavy atom. The summed E-state index contributed by atoms with van der Waals surface area (Å²) in [4.78, 5) is 11.7. The zero-order chi connectivity index (χ0) is 15.2. The van der Waals surface area contributed by atoms with Crippen molar-refractivity contribution in [3.8, 4) is 5.75 Å². The second-order valence-electron chi connectivity index (χ2n) is 5.63. The van der Waals surface area contributed by atoms with Gasteiger partial charge in [0.05, 0.1) is 5.02 Å². The van der Waals surface area contributed by atoms with Gasteiger partial charge in [-0.25, -0.2) is 0 Å². The molecule has 1 amide bonds. The molecule has 20 heavy (non-hydrogen) atoms. The van der Waals surface area contributed by atoms with E-state index in [4.69, 9.17) is 16.3 Å². The number of nitrogens with one attached hydrogen (secondary N) is 2. The van der Waals surface area contributed by atoms with E-state index in [1.165, 1.54) is 0 Å². The summed E-state index contributed by atoms with van der Waals surface area (Å²) in [5.41, 5.74) is 0.822. The zero-order valence-corrected chi connectivity index (χ0v) is 13.3. The Bertz CT molecular complexity index is 456. The second-order valence-corrected chi connectivity index (χ2v) is 6.04. The van der Waals surface area contributed by atoms with Crippen LogP contribution in [0.25, 0.3) is 0 Å². The summed E-state index contributed by atoms with van der Waals surface area (Å²) in [5.74, 6) is 0.362. The quantitative estimate of drug-likeness (QED) is 0.849. The monoisotopic (exact) mass is 298 g/mol. The molecule has 112 valence electrons. The average Bonchev–Trinajstić information content (AvgIpc) is 2.33. The van der Waals surface area contributed by atoms with Gasteiger partial charge in [-0.15, -0.1) is 0 Å². The van der Waals surface area contributed by atoms with Gasteiger partial charge >= 0.3 is 0 Å². The van der Waals surface area contributed by atoms with Crippen molar-refractivity contribution in [1.29, 1.82) is 0 Å². The molecule has 1 aromatic rings. The van der Waals surface area contributed by atoms with Crippen LogP contribution in [0.2, 0.25) is 5.02 Å². The maximum Gasteiger partial charge on any atom is 0.258 e. The molecule has 0 heterocycles. The number of benzene rings is 1. The molecule has 0 aliphatic heterocycles. The van der Waals surface area contributed by atoms with Crippen LogP contribution in [0.15, 0.2) is 18.2 Å². The van der Waals surface area contributed by atoms with Crippen LogP contribution in [-0.4, -0.2) is 24.6 Å². The van der Waals surface area contributed by atoms with Crippen LogP contribution < -0.4 is 15.4 Å². The van der Waals surface area contributed by atoms with E-state index >= 15 is 0 Å². The van der Waals surface area contributed by atoms with Crippen LogP contribution in [0.5, 0.6) is 5.75 Å². The molecular formula is C15H23ClN2O2. The van der Waals surface area contributed by atoms with Crippen molar-refractivity contribution in [1.82, 2.24) is 10.6 Å². The van der Waals surface area contributed by atoms with Crippen molar-refractivity contribution in [2.45, 2.75) is 39.8 Å². The molecule has 0 aliphatic carbocycles. The molecule has 0 spiro atoms. The summed E-state index contributed by atoms with van der Waals surface area (Å²) < 4.78 is 5.44. The zero-order valence-electron chi connectivity index (χ0n) is 12.5. The molecule has 0 aromatic heterocycles. The molecule has 2 N–H and O–H groups in total. The number of carbonyl (C=O) groups excluding carboxylic acids is 1. The molecule has 0 saturated heterocycles. The van der Waals surface area contributed by atoms with Crippen LogP contribution in [0.4, 0.5) is 0 Å². The fourth-order valence-corrected chi connectivity index (χ4v) is 1.90. The Morgan fingerprint density at radius 1 is 1.35 bits per heavy atom. The van der Waals surface area contributed by atoms with E-state index in [-0.39, 0.29) is 18.1 Å². The highest BCUT2D eigenvalue weighted by atomic mass is 35.5. The van der Waals surface area contributed by atoms with E-state index in [0.29, 0.717) is 10.8 Å². The number of amides is 1. The number of carbonyl (C=O) groups is 1. The van der Waals surface area contributed by atoms with Crippen molar-refractivity contribution in [2.24, 2.45) is 0 Å². The van der Waals surface area contributed by atoms with Crippen LogP contribution in [-0.2, 0) is 11.3 Å². The third-order valence-corrected chi connectivity index (χ3v) is 2.74. The summed E-state index contributed by atoms with van der Waals surface area (Å²) in [6.45, 7) is 9.45. The first-order chi connectivity index (χ1) is 9.31. The van der Waals surface area contributed by atoms with E-state index in [2.05, 4.69) is 10.6 Å². The van der Waals surface area contributed by atoms with Crippen molar-refractivity contribution in [3.05, 3.63) is 28.8 Å². The number of halogens is 1. The fraction of sp³-hybridized carbons (Fsp3) is 0.533. The van der Waals surface area contributed by atoms with Gasteiger partial charge in [-0.1, -0.05) is 24.6 Å². The first kappa shape index (κ1) is 16.8. The lowest BCUT2D eigenvalue weighted by atomic mass is 10.1. The third-order valence-electron chi connectivity index (χ3n) is 2.45. The molecule has 0 fully saturated rings. The highest BCUT2D eigenvalue weighted by Crippen LogP contribution is 2.25. The predicted molar refractivity (Wildman–Crippen MR) is 82.2 cm³/mol. The highest BCUT2D eigenvalue weighted by molar-refractivity contribution is 6.32. The van der Waals surface area contributed by atoms with Gasteiger partial charge in [0.2, 0.25) is 0 Å². The van der Waals surface area contributed by atoms with Crippen molar-refractivity contribution in [3.63, 3.8) is 0 Å². The molecule has 0 atom stereocenters. The molecule has 0 radical (unpaired) electrons. The van der Waals surface area contributed by atoms with Gasteiger partial charge in [0.1, 0.15) is 5.75 Å². The Balaban J connectivity index is 2.54. The van der Waals surface area contributed by atoms with Gasteiger partial charge in [-0.05, 0) is 45.0 Å². The van der Waals surface area contributed by atoms with Crippen LogP contribution >= 0.6 is 11.6 Å². The maximum atomic E-state index is 11.7. The van der Waals surface area contributed by atoms with Crippen LogP contribution in [0, 0.1) is 0 Å². The fourth-order valence-electron chi connectivity index (χ4n) is 1.64. The number of rotatable bonds is 6. The van der Waals surface area contributed by atoms with Gasteiger partial charge in [-0.3, -0.25) is 4.79 Å². The van der Waals surface area contributed by atoms with E-state index in [1.807, 2.05) is 39.8 Å². The topological polar surface area (TPSA) is 50.4 Å². The lowest BCUT2D eigenvalue weighted by Gasteiger charge is -2.20. The van der Waals surface area contributed by atoms with Gasteiger partial charge in [-0.2, -0.15) is 0 Å². The molecule has 1 rings (SSSR count). The largest absolute Gasteiger partial charge is 0.482 e. The molecule has 0 saturated carbocycles. The second kappa shape index (κ2) is 7.50. The minimum atomic E-state index is -0.264. The normalized spacial score (nSPS) is 11.2. The summed E-state index contributed by atoms with van der Waals surface area (Å²) in [6.07, 6.45) is 0. The standard InChI is InChI=1S/C15H23ClN2O2/c1-5-17-9-11-6-7-13(12(16)8-11)20-10-14(19)18-15(2,3)4/h6-8,17H,5,9-10H2,1-4H3,(H,18,19). The Hall–Kier alpha value is -1.26. The minimum Gasteiger partial charge on any atom is -0.482 e. The average molecular weight is 299 g/mol. The van der Waals surface area contributed by atoms with Crippen molar-refractivity contribution in [2.75, 3.05) is 13.2 Å². The highest BCUT2D eigenvalue weighted by Gasteiger charge is 2.14. The van der Waals surface area contributed by atoms with Crippen molar-refractivity contribution >= 4 is 17.5 Å². The predicted octanol–water partition coefficient (Wildman–Crippen LogP) is 2.74. The van der Waals surface area contributed by atoms with E-state index in [0.717, 1.165) is 18.7 Å². The first-order valence-corrected chi connectivity index (χ1v) is 7.12. The molecule has 0 aliphatic rings. The first-order valence-electron chi connectivity index (χ1n) is 6.75. The number of hydrogen-bond donors (Lipinski definition) is 2. The molecule has 0 bridgehead atoms. The van der Waals surface area contributed by atoms with Gasteiger partial charge in [0, 0.05) is 12.1 Å². The molecule has 1 aromatic carbocycles.